The molecule has 0 spiro atoms. The van der Waals surface area contributed by atoms with E-state index < -0.39 is 11.9 Å². The van der Waals surface area contributed by atoms with Crippen LogP contribution in [0.2, 0.25) is 0 Å². The number of nitrogens with one attached hydrogen (secondary N) is 2. The van der Waals surface area contributed by atoms with E-state index in [1.54, 1.807) is 12.1 Å². The summed E-state index contributed by atoms with van der Waals surface area (Å²) in [7, 11) is 0. The van der Waals surface area contributed by atoms with Crippen molar-refractivity contribution in [2.45, 2.75) is 0 Å². The third kappa shape index (κ3) is 5.72. The summed E-state index contributed by atoms with van der Waals surface area (Å²) in [6.45, 7) is 4.44. The first kappa shape index (κ1) is 17.0. The van der Waals surface area contributed by atoms with E-state index in [1.807, 2.05) is 10.2 Å². The molecule has 4 N–H and O–H groups in total. The lowest BCUT2D eigenvalue weighted by molar-refractivity contribution is -0.121. The van der Waals surface area contributed by atoms with Crippen LogP contribution in [-0.4, -0.2) is 73.5 Å². The fraction of sp³-hybridized carbons (Fsp3) is 0.500. The molecule has 2 rings (SSSR count). The molecule has 0 aliphatic carbocycles. The molecule has 4 amide bonds. The quantitative estimate of drug-likeness (QED) is 0.606. The number of hydrogen-bond acceptors (Lipinski definition) is 6. The van der Waals surface area contributed by atoms with E-state index in [0.717, 1.165) is 32.7 Å². The number of carbonyl (C=O) groups is 3. The van der Waals surface area contributed by atoms with Gasteiger partial charge in [-0.05, 0) is 12.1 Å². The van der Waals surface area contributed by atoms with Gasteiger partial charge in [-0.2, -0.15) is 0 Å². The lowest BCUT2D eigenvalue weighted by atomic mass is 10.3. The normalized spacial score (nSPS) is 16.0. The maximum atomic E-state index is 11.7. The average Bonchev–Trinajstić information content (AvgIpc) is 3.02. The van der Waals surface area contributed by atoms with E-state index >= 15 is 0 Å². The van der Waals surface area contributed by atoms with E-state index in [2.05, 4.69) is 10.2 Å². The number of nitrogens with two attached hydrogens (primary N) is 1. The second-order valence-electron chi connectivity index (χ2n) is 5.26. The monoisotopic (exact) mass is 323 g/mol. The number of imide groups is 1. The minimum Gasteiger partial charge on any atom is -0.459 e. The van der Waals surface area contributed by atoms with E-state index in [1.165, 1.54) is 6.26 Å². The summed E-state index contributed by atoms with van der Waals surface area (Å²) >= 11 is 0. The topological polar surface area (TPSA) is 121 Å². The van der Waals surface area contributed by atoms with Crippen LogP contribution in [0.15, 0.2) is 22.8 Å². The molecule has 0 unspecified atom stereocenters. The van der Waals surface area contributed by atoms with Gasteiger partial charge in [0.05, 0.1) is 12.8 Å². The lowest BCUT2D eigenvalue weighted by Crippen LogP contribution is -2.51. The Morgan fingerprint density at radius 1 is 1.17 bits per heavy atom. The fourth-order valence-corrected chi connectivity index (χ4v) is 2.37. The zero-order valence-electron chi connectivity index (χ0n) is 12.8. The summed E-state index contributed by atoms with van der Waals surface area (Å²) in [6, 6.07) is 2.45. The Balaban J connectivity index is 1.60. The van der Waals surface area contributed by atoms with Crippen molar-refractivity contribution in [2.75, 3.05) is 45.8 Å². The van der Waals surface area contributed by atoms with Crippen molar-refractivity contribution in [1.29, 1.82) is 0 Å². The molecule has 23 heavy (non-hydrogen) atoms. The molecule has 9 nitrogen and oxygen atoms in total. The number of piperazine rings is 1. The Bertz CT molecular complexity index is 537. The smallest absolute Gasteiger partial charge is 0.318 e. The van der Waals surface area contributed by atoms with Crippen LogP contribution in [0.25, 0.3) is 0 Å². The van der Waals surface area contributed by atoms with Gasteiger partial charge in [-0.3, -0.25) is 24.7 Å². The third-order valence-corrected chi connectivity index (χ3v) is 3.55. The van der Waals surface area contributed by atoms with Gasteiger partial charge in [-0.15, -0.1) is 0 Å². The first-order valence-electron chi connectivity index (χ1n) is 7.40. The van der Waals surface area contributed by atoms with Crippen molar-refractivity contribution in [1.82, 2.24) is 20.4 Å². The molecule has 1 aliphatic heterocycles. The van der Waals surface area contributed by atoms with Crippen LogP contribution >= 0.6 is 0 Å². The van der Waals surface area contributed by atoms with Gasteiger partial charge in [0.25, 0.3) is 5.91 Å². The molecule has 2 heterocycles. The maximum absolute atomic E-state index is 11.7. The molecule has 0 bridgehead atoms. The van der Waals surface area contributed by atoms with E-state index in [0.29, 0.717) is 12.3 Å². The van der Waals surface area contributed by atoms with Gasteiger partial charge in [0, 0.05) is 39.3 Å². The third-order valence-electron chi connectivity index (χ3n) is 3.55. The average molecular weight is 323 g/mol. The van der Waals surface area contributed by atoms with Crippen LogP contribution in [0.1, 0.15) is 10.6 Å². The maximum Gasteiger partial charge on any atom is 0.318 e. The minimum atomic E-state index is -0.832. The van der Waals surface area contributed by atoms with Gasteiger partial charge < -0.3 is 15.5 Å². The Morgan fingerprint density at radius 3 is 2.48 bits per heavy atom. The van der Waals surface area contributed by atoms with Crippen molar-refractivity contribution in [3.63, 3.8) is 0 Å². The van der Waals surface area contributed by atoms with Crippen molar-refractivity contribution < 1.29 is 18.8 Å². The number of amides is 4. The molecule has 0 saturated carbocycles. The summed E-state index contributed by atoms with van der Waals surface area (Å²) in [6.07, 6.45) is 1.46. The van der Waals surface area contributed by atoms with Gasteiger partial charge in [0.15, 0.2) is 5.76 Å². The molecule has 9 heteroatoms. The molecule has 1 aromatic rings. The van der Waals surface area contributed by atoms with Crippen LogP contribution < -0.4 is 16.4 Å². The second-order valence-corrected chi connectivity index (χ2v) is 5.26. The number of urea groups is 1. The van der Waals surface area contributed by atoms with Gasteiger partial charge in [0.2, 0.25) is 5.91 Å². The number of hydrogen-bond donors (Lipinski definition) is 3. The highest BCUT2D eigenvalue weighted by atomic mass is 16.3. The molecule has 1 aromatic heterocycles. The SMILES string of the molecule is NC(=O)NC(=O)CN1CCN(CCNC(=O)c2ccco2)CC1. The number of carbonyl (C=O) groups excluding carboxylic acids is 3. The van der Waals surface area contributed by atoms with Gasteiger partial charge in [-0.25, -0.2) is 4.79 Å². The fourth-order valence-electron chi connectivity index (χ4n) is 2.37. The summed E-state index contributed by atoms with van der Waals surface area (Å²) in [5.41, 5.74) is 4.90. The first-order chi connectivity index (χ1) is 11.0. The Morgan fingerprint density at radius 2 is 1.87 bits per heavy atom. The Kier molecular flexibility index (Phi) is 6.12. The second kappa shape index (κ2) is 8.30. The molecular weight excluding hydrogens is 302 g/mol. The zero-order valence-corrected chi connectivity index (χ0v) is 12.8. The summed E-state index contributed by atoms with van der Waals surface area (Å²) in [5.74, 6) is -0.316. The highest BCUT2D eigenvalue weighted by Crippen LogP contribution is 2.01. The van der Waals surface area contributed by atoms with E-state index in [-0.39, 0.29) is 12.5 Å². The van der Waals surface area contributed by atoms with E-state index in [4.69, 9.17) is 10.2 Å². The number of nitrogens with zero attached hydrogens (tertiary/aromatic N) is 2. The molecule has 1 aliphatic rings. The largest absolute Gasteiger partial charge is 0.459 e. The highest BCUT2D eigenvalue weighted by molar-refractivity contribution is 5.94. The summed E-state index contributed by atoms with van der Waals surface area (Å²) < 4.78 is 5.01. The molecule has 1 saturated heterocycles. The lowest BCUT2D eigenvalue weighted by Gasteiger charge is -2.34. The number of primary amides is 1. The molecule has 1 fully saturated rings. The predicted octanol–water partition coefficient (Wildman–Crippen LogP) is -1.18. The molecule has 0 radical (unpaired) electrons. The van der Waals surface area contributed by atoms with Crippen molar-refractivity contribution in [3.05, 3.63) is 24.2 Å². The van der Waals surface area contributed by atoms with Crippen LogP contribution in [0.5, 0.6) is 0 Å². The van der Waals surface area contributed by atoms with Gasteiger partial charge in [0.1, 0.15) is 0 Å². The summed E-state index contributed by atoms with van der Waals surface area (Å²) in [4.78, 5) is 37.9. The number of rotatable bonds is 6. The van der Waals surface area contributed by atoms with Crippen LogP contribution in [0, 0.1) is 0 Å². The summed E-state index contributed by atoms with van der Waals surface area (Å²) in [5, 5.41) is 4.84. The van der Waals surface area contributed by atoms with E-state index in [9.17, 15) is 14.4 Å². The molecule has 126 valence electrons. The van der Waals surface area contributed by atoms with Crippen molar-refractivity contribution >= 4 is 17.8 Å². The standard InChI is InChI=1S/C14H21N5O4/c15-14(22)17-12(20)10-19-7-5-18(6-8-19)4-3-16-13(21)11-2-1-9-23-11/h1-2,9H,3-8,10H2,(H,16,21)(H3,15,17,20,22). The molecular formula is C14H21N5O4. The Labute approximate surface area is 133 Å². The molecule has 0 aromatic carbocycles. The minimum absolute atomic E-state index is 0.159. The van der Waals surface area contributed by atoms with Crippen LogP contribution in [-0.2, 0) is 4.79 Å². The van der Waals surface area contributed by atoms with Crippen molar-refractivity contribution in [2.24, 2.45) is 5.73 Å². The number of furan rings is 1. The van der Waals surface area contributed by atoms with Gasteiger partial charge in [-0.1, -0.05) is 0 Å². The Hall–Kier alpha value is -2.39. The van der Waals surface area contributed by atoms with Crippen LogP contribution in [0.3, 0.4) is 0 Å². The van der Waals surface area contributed by atoms with Gasteiger partial charge >= 0.3 is 6.03 Å². The first-order valence-corrected chi connectivity index (χ1v) is 7.40. The van der Waals surface area contributed by atoms with Crippen molar-refractivity contribution in [3.8, 4) is 0 Å². The zero-order chi connectivity index (χ0) is 16.7. The molecule has 0 atom stereocenters. The predicted molar refractivity (Wildman–Crippen MR) is 81.6 cm³/mol. The van der Waals surface area contributed by atoms with Crippen LogP contribution in [0.4, 0.5) is 4.79 Å². The highest BCUT2D eigenvalue weighted by Gasteiger charge is 2.19.